The molecule has 0 aliphatic carbocycles. The number of hydrogen-bond donors (Lipinski definition) is 1. The van der Waals surface area contributed by atoms with Crippen LogP contribution in [0.5, 0.6) is 5.75 Å². The zero-order valence-electron chi connectivity index (χ0n) is 19.4. The van der Waals surface area contributed by atoms with Gasteiger partial charge in [0.05, 0.1) is 18.5 Å². The molecule has 1 N–H and O–H groups in total. The Morgan fingerprint density at radius 3 is 2.27 bits per heavy atom. The van der Waals surface area contributed by atoms with Crippen molar-refractivity contribution in [3.8, 4) is 5.75 Å². The molecule has 3 aromatic carbocycles. The Morgan fingerprint density at radius 2 is 1.64 bits per heavy atom. The van der Waals surface area contributed by atoms with Crippen molar-refractivity contribution >= 4 is 39.1 Å². The summed E-state index contributed by atoms with van der Waals surface area (Å²) in [5.41, 5.74) is 3.63. The molecule has 1 amide bonds. The lowest BCUT2D eigenvalue weighted by Gasteiger charge is -2.26. The number of para-hydroxylation sites is 1. The maximum Gasteiger partial charge on any atom is 0.268 e. The number of rotatable bonds is 8. The monoisotopic (exact) mass is 484 g/mol. The van der Waals surface area contributed by atoms with Crippen molar-refractivity contribution in [1.82, 2.24) is 0 Å². The predicted molar refractivity (Wildman–Crippen MR) is 135 cm³/mol. The lowest BCUT2D eigenvalue weighted by molar-refractivity contribution is -0.114. The van der Waals surface area contributed by atoms with E-state index < -0.39 is 15.9 Å². The average Bonchev–Trinajstić information content (AvgIpc) is 2.77. The van der Waals surface area contributed by atoms with E-state index in [0.29, 0.717) is 11.4 Å². The third kappa shape index (κ3) is 5.69. The van der Waals surface area contributed by atoms with Crippen LogP contribution in [0, 0.1) is 20.8 Å². The van der Waals surface area contributed by atoms with E-state index in [0.717, 1.165) is 25.9 Å². The Kier molecular flexibility index (Phi) is 7.71. The van der Waals surface area contributed by atoms with Gasteiger partial charge in [-0.05, 0) is 80.1 Å². The standard InChI is InChI=1S/C25H28N2O4S2/c1-17-10-11-22(31-4)24(15-17)33(29,30)27(20-13-18(2)12-19(3)14-20)16-25(28)26-21-8-6-7-9-23(21)32-5/h6-15H,16H2,1-5H3,(H,26,28). The zero-order valence-corrected chi connectivity index (χ0v) is 21.0. The quantitative estimate of drug-likeness (QED) is 0.446. The molecule has 0 atom stereocenters. The van der Waals surface area contributed by atoms with Gasteiger partial charge in [0.1, 0.15) is 17.2 Å². The largest absolute Gasteiger partial charge is 0.495 e. The van der Waals surface area contributed by atoms with Crippen molar-refractivity contribution in [2.75, 3.05) is 29.5 Å². The summed E-state index contributed by atoms with van der Waals surface area (Å²) in [5, 5.41) is 2.86. The molecule has 6 nitrogen and oxygen atoms in total. The minimum atomic E-state index is -4.11. The van der Waals surface area contributed by atoms with Crippen molar-refractivity contribution in [3.63, 3.8) is 0 Å². The molecule has 0 unspecified atom stereocenters. The SMILES string of the molecule is COc1ccc(C)cc1S(=O)(=O)N(CC(=O)Nc1ccccc1SC)c1cc(C)cc(C)c1. The van der Waals surface area contributed by atoms with Gasteiger partial charge < -0.3 is 10.1 Å². The van der Waals surface area contributed by atoms with Crippen LogP contribution in [0.15, 0.2) is 70.5 Å². The Labute approximate surface area is 200 Å². The summed E-state index contributed by atoms with van der Waals surface area (Å²) in [6, 6.07) is 17.8. The third-order valence-corrected chi connectivity index (χ3v) is 7.64. The highest BCUT2D eigenvalue weighted by Crippen LogP contribution is 2.32. The normalized spacial score (nSPS) is 11.2. The lowest BCUT2D eigenvalue weighted by Crippen LogP contribution is -2.38. The van der Waals surface area contributed by atoms with E-state index in [4.69, 9.17) is 4.74 Å². The number of aryl methyl sites for hydroxylation is 3. The predicted octanol–water partition coefficient (Wildman–Crippen LogP) is 5.18. The molecule has 0 aromatic heterocycles. The van der Waals surface area contributed by atoms with Gasteiger partial charge in [-0.15, -0.1) is 11.8 Å². The molecule has 3 aromatic rings. The number of methoxy groups -OCH3 is 1. The molecule has 0 aliphatic heterocycles. The van der Waals surface area contributed by atoms with Crippen LogP contribution >= 0.6 is 11.8 Å². The second-order valence-electron chi connectivity index (χ2n) is 7.76. The van der Waals surface area contributed by atoms with Gasteiger partial charge in [0.15, 0.2) is 0 Å². The Bertz CT molecular complexity index is 1250. The van der Waals surface area contributed by atoms with Crippen molar-refractivity contribution in [2.45, 2.75) is 30.6 Å². The topological polar surface area (TPSA) is 75.7 Å². The van der Waals surface area contributed by atoms with Crippen molar-refractivity contribution in [3.05, 3.63) is 77.4 Å². The number of benzene rings is 3. The minimum absolute atomic E-state index is 0.0153. The first-order valence-electron chi connectivity index (χ1n) is 10.3. The number of carbonyl (C=O) groups excluding carboxylic acids is 1. The van der Waals surface area contributed by atoms with Crippen LogP contribution < -0.4 is 14.4 Å². The highest BCUT2D eigenvalue weighted by Gasteiger charge is 2.30. The molecule has 174 valence electrons. The zero-order chi connectivity index (χ0) is 24.2. The highest BCUT2D eigenvalue weighted by molar-refractivity contribution is 7.98. The fraction of sp³-hybridized carbons (Fsp3) is 0.240. The maximum absolute atomic E-state index is 13.9. The maximum atomic E-state index is 13.9. The summed E-state index contributed by atoms with van der Waals surface area (Å²) < 4.78 is 34.2. The van der Waals surface area contributed by atoms with Gasteiger partial charge in [-0.25, -0.2) is 8.42 Å². The average molecular weight is 485 g/mol. The summed E-state index contributed by atoms with van der Waals surface area (Å²) in [6.45, 7) is 5.21. The van der Waals surface area contributed by atoms with Crippen LogP contribution in [0.2, 0.25) is 0 Å². The van der Waals surface area contributed by atoms with Crippen LogP contribution in [-0.4, -0.2) is 34.2 Å². The second-order valence-corrected chi connectivity index (χ2v) is 10.4. The van der Waals surface area contributed by atoms with E-state index in [9.17, 15) is 13.2 Å². The van der Waals surface area contributed by atoms with E-state index in [1.165, 1.54) is 18.9 Å². The number of nitrogens with zero attached hydrogens (tertiary/aromatic N) is 1. The number of nitrogens with one attached hydrogen (secondary N) is 1. The van der Waals surface area contributed by atoms with Gasteiger partial charge in [0.25, 0.3) is 10.0 Å². The van der Waals surface area contributed by atoms with E-state index in [1.807, 2.05) is 51.3 Å². The summed E-state index contributed by atoms with van der Waals surface area (Å²) >= 11 is 1.50. The van der Waals surface area contributed by atoms with Gasteiger partial charge in [0.2, 0.25) is 5.91 Å². The number of ether oxygens (including phenoxy) is 1. The lowest BCUT2D eigenvalue weighted by atomic mass is 10.1. The first-order chi connectivity index (χ1) is 15.6. The van der Waals surface area contributed by atoms with Crippen molar-refractivity contribution in [1.29, 1.82) is 0 Å². The second kappa shape index (κ2) is 10.3. The van der Waals surface area contributed by atoms with E-state index >= 15 is 0 Å². The molecular weight excluding hydrogens is 456 g/mol. The number of amides is 1. The van der Waals surface area contributed by atoms with Crippen molar-refractivity contribution < 1.29 is 17.9 Å². The molecule has 0 bridgehead atoms. The molecule has 8 heteroatoms. The molecule has 0 saturated heterocycles. The number of sulfonamides is 1. The van der Waals surface area contributed by atoms with Crippen LogP contribution in [0.4, 0.5) is 11.4 Å². The molecular formula is C25H28N2O4S2. The van der Waals surface area contributed by atoms with Gasteiger partial charge in [0, 0.05) is 4.90 Å². The van der Waals surface area contributed by atoms with E-state index in [1.54, 1.807) is 36.4 Å². The molecule has 0 spiro atoms. The highest BCUT2D eigenvalue weighted by atomic mass is 32.2. The van der Waals surface area contributed by atoms with E-state index in [-0.39, 0.29) is 17.2 Å². The first-order valence-corrected chi connectivity index (χ1v) is 13.0. The van der Waals surface area contributed by atoms with E-state index in [2.05, 4.69) is 5.32 Å². The summed E-state index contributed by atoms with van der Waals surface area (Å²) in [6.07, 6.45) is 1.92. The fourth-order valence-corrected chi connectivity index (χ4v) is 5.78. The molecule has 33 heavy (non-hydrogen) atoms. The molecule has 0 radical (unpaired) electrons. The number of anilines is 2. The molecule has 0 heterocycles. The Morgan fingerprint density at radius 1 is 0.970 bits per heavy atom. The molecule has 0 saturated carbocycles. The molecule has 3 rings (SSSR count). The van der Waals surface area contributed by atoms with Crippen LogP contribution in [0.25, 0.3) is 0 Å². The van der Waals surface area contributed by atoms with Crippen LogP contribution in [-0.2, 0) is 14.8 Å². The molecule has 0 aliphatic rings. The van der Waals surface area contributed by atoms with Gasteiger partial charge >= 0.3 is 0 Å². The minimum Gasteiger partial charge on any atom is -0.495 e. The van der Waals surface area contributed by atoms with Crippen LogP contribution in [0.3, 0.4) is 0 Å². The summed E-state index contributed by atoms with van der Waals surface area (Å²) in [7, 11) is -2.69. The van der Waals surface area contributed by atoms with Gasteiger partial charge in [-0.3, -0.25) is 9.10 Å². The summed E-state index contributed by atoms with van der Waals surface area (Å²) in [5.74, 6) is -0.214. The summed E-state index contributed by atoms with van der Waals surface area (Å²) in [4.78, 5) is 14.0. The third-order valence-electron chi connectivity index (χ3n) is 5.05. The molecule has 0 fully saturated rings. The Hall–Kier alpha value is -2.97. The van der Waals surface area contributed by atoms with Gasteiger partial charge in [-0.2, -0.15) is 0 Å². The number of thioether (sulfide) groups is 1. The smallest absolute Gasteiger partial charge is 0.268 e. The fourth-order valence-electron chi connectivity index (χ4n) is 3.58. The Balaban J connectivity index is 2.07. The first kappa shape index (κ1) is 24.7. The van der Waals surface area contributed by atoms with Crippen molar-refractivity contribution in [2.24, 2.45) is 0 Å². The number of carbonyl (C=O) groups is 1. The van der Waals surface area contributed by atoms with Gasteiger partial charge in [-0.1, -0.05) is 24.3 Å². The number of hydrogen-bond acceptors (Lipinski definition) is 5. The van der Waals surface area contributed by atoms with Crippen LogP contribution in [0.1, 0.15) is 16.7 Å².